The summed E-state index contributed by atoms with van der Waals surface area (Å²) in [5, 5.41) is 9.39. The number of benzene rings is 1. The van der Waals surface area contributed by atoms with Crippen LogP contribution in [0.2, 0.25) is 0 Å². The second-order valence-electron chi connectivity index (χ2n) is 11.9. The van der Waals surface area contributed by atoms with Crippen molar-refractivity contribution >= 4 is 17.7 Å². The van der Waals surface area contributed by atoms with Gasteiger partial charge in [-0.05, 0) is 52.0 Å². The zero-order valence-electron chi connectivity index (χ0n) is 23.6. The number of aliphatic hydroxyl groups is 1. The first kappa shape index (κ1) is 29.0. The smallest absolute Gasteiger partial charge is 0.249 e. The number of hydrogen-bond acceptors (Lipinski definition) is 5. The van der Waals surface area contributed by atoms with Crippen molar-refractivity contribution in [3.05, 3.63) is 61.2 Å². The summed E-state index contributed by atoms with van der Waals surface area (Å²) in [6, 6.07) is 8.93. The van der Waals surface area contributed by atoms with Crippen molar-refractivity contribution in [2.75, 3.05) is 26.2 Å². The number of likely N-dealkylation sites (tertiary alicyclic amines) is 1. The highest BCUT2D eigenvalue weighted by Crippen LogP contribution is 2.59. The number of aliphatic hydroxyl groups excluding tert-OH is 1. The zero-order valence-corrected chi connectivity index (χ0v) is 23.6. The number of unbranched alkanes of at least 4 members (excludes halogenated alkanes) is 1. The lowest BCUT2D eigenvalue weighted by atomic mass is 9.70. The van der Waals surface area contributed by atoms with Crippen LogP contribution in [-0.2, 0) is 25.7 Å². The van der Waals surface area contributed by atoms with Crippen LogP contribution >= 0.6 is 0 Å². The number of nitrogens with zero attached hydrogens (tertiary/aromatic N) is 3. The van der Waals surface area contributed by atoms with E-state index in [1.165, 1.54) is 0 Å². The van der Waals surface area contributed by atoms with Gasteiger partial charge in [-0.2, -0.15) is 0 Å². The largest absolute Gasteiger partial charge is 0.396 e. The maximum Gasteiger partial charge on any atom is 0.249 e. The molecule has 3 saturated heterocycles. The fraction of sp³-hybridized carbons (Fsp3) is 0.581. The zero-order chi connectivity index (χ0) is 28.4. The fourth-order valence-corrected chi connectivity index (χ4v) is 6.72. The lowest BCUT2D eigenvalue weighted by molar-refractivity contribution is -0.151. The van der Waals surface area contributed by atoms with E-state index < -0.39 is 35.1 Å². The molecular weight excluding hydrogens is 494 g/mol. The Morgan fingerprint density at radius 2 is 1.82 bits per heavy atom. The number of carbonyl (C=O) groups is 3. The molecule has 3 amide bonds. The molecular formula is C31H43N3O5. The highest BCUT2D eigenvalue weighted by Gasteiger charge is 2.75. The van der Waals surface area contributed by atoms with Crippen LogP contribution in [0, 0.1) is 11.8 Å². The third kappa shape index (κ3) is 5.29. The first-order valence-electron chi connectivity index (χ1n) is 14.1. The molecule has 3 aliphatic heterocycles. The van der Waals surface area contributed by atoms with Crippen molar-refractivity contribution in [2.24, 2.45) is 11.8 Å². The summed E-state index contributed by atoms with van der Waals surface area (Å²) < 4.78 is 6.62. The van der Waals surface area contributed by atoms with Gasteiger partial charge in [-0.1, -0.05) is 42.5 Å². The Labute approximate surface area is 232 Å². The minimum Gasteiger partial charge on any atom is -0.396 e. The molecule has 0 aromatic heterocycles. The molecule has 8 heteroatoms. The van der Waals surface area contributed by atoms with Crippen LogP contribution in [0.4, 0.5) is 0 Å². The van der Waals surface area contributed by atoms with Gasteiger partial charge in [0.25, 0.3) is 0 Å². The quantitative estimate of drug-likeness (QED) is 0.327. The molecule has 0 radical (unpaired) electrons. The topological polar surface area (TPSA) is 90.4 Å². The lowest BCUT2D eigenvalue weighted by Gasteiger charge is -2.42. The first-order chi connectivity index (χ1) is 18.6. The monoisotopic (exact) mass is 537 g/mol. The van der Waals surface area contributed by atoms with E-state index in [1.807, 2.05) is 51.1 Å². The highest BCUT2D eigenvalue weighted by atomic mass is 16.5. The Bertz CT molecular complexity index is 1080. The van der Waals surface area contributed by atoms with Crippen LogP contribution in [0.3, 0.4) is 0 Å². The van der Waals surface area contributed by atoms with Gasteiger partial charge in [0.1, 0.15) is 11.6 Å². The molecule has 0 aliphatic carbocycles. The molecule has 8 nitrogen and oxygen atoms in total. The molecule has 212 valence electrons. The molecule has 3 fully saturated rings. The van der Waals surface area contributed by atoms with Crippen LogP contribution in [0.25, 0.3) is 0 Å². The molecule has 5 atom stereocenters. The van der Waals surface area contributed by atoms with Crippen molar-refractivity contribution in [2.45, 2.75) is 76.3 Å². The van der Waals surface area contributed by atoms with E-state index in [0.717, 1.165) is 5.56 Å². The van der Waals surface area contributed by atoms with E-state index >= 15 is 0 Å². The van der Waals surface area contributed by atoms with E-state index in [9.17, 15) is 19.5 Å². The predicted molar refractivity (Wildman–Crippen MR) is 149 cm³/mol. The van der Waals surface area contributed by atoms with Gasteiger partial charge in [-0.15, -0.1) is 13.2 Å². The van der Waals surface area contributed by atoms with Gasteiger partial charge in [0.05, 0.1) is 17.9 Å². The highest BCUT2D eigenvalue weighted by molar-refractivity contribution is 5.99. The maximum atomic E-state index is 14.3. The summed E-state index contributed by atoms with van der Waals surface area (Å²) in [7, 11) is 0. The Balaban J connectivity index is 1.71. The number of carbonyl (C=O) groups excluding carboxylic acids is 3. The normalized spacial score (nSPS) is 27.4. The third-order valence-corrected chi connectivity index (χ3v) is 8.39. The van der Waals surface area contributed by atoms with E-state index in [-0.39, 0.29) is 24.3 Å². The molecule has 1 N–H and O–H groups in total. The van der Waals surface area contributed by atoms with Crippen LogP contribution < -0.4 is 0 Å². The molecule has 0 saturated carbocycles. The number of hydrogen-bond donors (Lipinski definition) is 1. The van der Waals surface area contributed by atoms with Crippen LogP contribution in [-0.4, -0.2) is 87.1 Å². The minimum atomic E-state index is -1.05. The second kappa shape index (κ2) is 11.6. The number of amides is 3. The molecule has 1 aromatic rings. The second-order valence-corrected chi connectivity index (χ2v) is 11.9. The average molecular weight is 538 g/mol. The Kier molecular flexibility index (Phi) is 8.66. The summed E-state index contributed by atoms with van der Waals surface area (Å²) in [6.07, 6.45) is 5.24. The van der Waals surface area contributed by atoms with Crippen molar-refractivity contribution in [3.63, 3.8) is 0 Å². The van der Waals surface area contributed by atoms with E-state index in [2.05, 4.69) is 13.2 Å². The fourth-order valence-electron chi connectivity index (χ4n) is 6.72. The standard InChI is InChI=1S/C31H43N3O5/c1-6-17-32(21-22-13-9-8-10-14-22)27(36)24-23-15-16-31(39-23)25(24)28(37)33(19-11-12-20-35)26(31)29(38)34(18-7-2)30(3,4)5/h6-10,13-14,23-26,35H,1-2,11-12,15-21H2,3-5H3/t23-,24+,25+,26?,31?/m1/s1. The molecule has 39 heavy (non-hydrogen) atoms. The molecule has 1 spiro atoms. The van der Waals surface area contributed by atoms with Gasteiger partial charge in [-0.3, -0.25) is 14.4 Å². The number of rotatable bonds is 12. The molecule has 4 rings (SSSR count). The van der Waals surface area contributed by atoms with Gasteiger partial charge >= 0.3 is 0 Å². The summed E-state index contributed by atoms with van der Waals surface area (Å²) in [5.74, 6) is -1.89. The Hall–Kier alpha value is -2.97. The van der Waals surface area contributed by atoms with Crippen molar-refractivity contribution in [1.29, 1.82) is 0 Å². The molecule has 3 aliphatic rings. The summed E-state index contributed by atoms with van der Waals surface area (Å²) >= 11 is 0. The Morgan fingerprint density at radius 3 is 2.44 bits per heavy atom. The van der Waals surface area contributed by atoms with Crippen LogP contribution in [0.1, 0.15) is 52.0 Å². The lowest BCUT2D eigenvalue weighted by Crippen LogP contribution is -2.60. The molecule has 2 unspecified atom stereocenters. The van der Waals surface area contributed by atoms with Crippen molar-refractivity contribution in [3.8, 4) is 0 Å². The van der Waals surface area contributed by atoms with Gasteiger partial charge in [0.2, 0.25) is 17.7 Å². The van der Waals surface area contributed by atoms with E-state index in [1.54, 1.807) is 26.9 Å². The van der Waals surface area contributed by atoms with Crippen molar-refractivity contribution in [1.82, 2.24) is 14.7 Å². The Morgan fingerprint density at radius 1 is 1.13 bits per heavy atom. The van der Waals surface area contributed by atoms with Gasteiger partial charge in [0.15, 0.2) is 0 Å². The number of fused-ring (bicyclic) bond motifs is 1. The van der Waals surface area contributed by atoms with Gasteiger partial charge < -0.3 is 24.5 Å². The molecule has 2 bridgehead atoms. The SMILES string of the molecule is C=CCN(Cc1ccccc1)C(=O)[C@@H]1[C@H]2C(=O)N(CCCCO)C(C(=O)N(CC=C)C(C)(C)C)C23CC[C@H]1O3. The molecule has 1 aromatic carbocycles. The van der Waals surface area contributed by atoms with Gasteiger partial charge in [0, 0.05) is 38.3 Å². The third-order valence-electron chi connectivity index (χ3n) is 8.39. The van der Waals surface area contributed by atoms with Crippen LogP contribution in [0.15, 0.2) is 55.6 Å². The van der Waals surface area contributed by atoms with E-state index in [4.69, 9.17) is 4.74 Å². The van der Waals surface area contributed by atoms with Gasteiger partial charge in [-0.25, -0.2) is 0 Å². The predicted octanol–water partition coefficient (Wildman–Crippen LogP) is 3.16. The first-order valence-corrected chi connectivity index (χ1v) is 14.1. The minimum absolute atomic E-state index is 0.00940. The maximum absolute atomic E-state index is 14.3. The average Bonchev–Trinajstić information content (AvgIpc) is 3.54. The summed E-state index contributed by atoms with van der Waals surface area (Å²) in [5.41, 5.74) is -0.550. The molecule has 3 heterocycles. The van der Waals surface area contributed by atoms with Crippen molar-refractivity contribution < 1.29 is 24.2 Å². The number of ether oxygens (including phenoxy) is 1. The van der Waals surface area contributed by atoms with Crippen LogP contribution in [0.5, 0.6) is 0 Å². The summed E-state index contributed by atoms with van der Waals surface area (Å²) in [6.45, 7) is 15.0. The van der Waals surface area contributed by atoms with E-state index in [0.29, 0.717) is 51.9 Å². The summed E-state index contributed by atoms with van der Waals surface area (Å²) in [4.78, 5) is 47.7.